The van der Waals surface area contributed by atoms with Crippen LogP contribution in [0.1, 0.15) is 65.2 Å². The van der Waals surface area contributed by atoms with Crippen molar-refractivity contribution < 1.29 is 3.83 Å². The SMILES string of the molecule is CCCCCCCCCC(C)[Se](C)=O. The van der Waals surface area contributed by atoms with E-state index in [9.17, 15) is 3.83 Å². The van der Waals surface area contributed by atoms with Crippen LogP contribution in [-0.4, -0.2) is 13.8 Å². The van der Waals surface area contributed by atoms with Crippen LogP contribution in [0, 0.1) is 0 Å². The zero-order valence-electron chi connectivity index (χ0n) is 10.1. The minimum absolute atomic E-state index is 0.491. The van der Waals surface area contributed by atoms with Gasteiger partial charge in [-0.2, -0.15) is 0 Å². The second-order valence-electron chi connectivity index (χ2n) is 4.22. The van der Waals surface area contributed by atoms with Crippen LogP contribution in [0.25, 0.3) is 0 Å². The van der Waals surface area contributed by atoms with Gasteiger partial charge in [0.25, 0.3) is 0 Å². The van der Waals surface area contributed by atoms with Crippen LogP contribution in [0.4, 0.5) is 0 Å². The summed E-state index contributed by atoms with van der Waals surface area (Å²) in [5.41, 5.74) is 0. The molecule has 0 bridgehead atoms. The molecule has 0 heterocycles. The Bertz CT molecular complexity index is 145. The van der Waals surface area contributed by atoms with Crippen LogP contribution in [0.2, 0.25) is 10.6 Å². The first-order valence-electron chi connectivity index (χ1n) is 6.00. The Balaban J connectivity index is 3.09. The standard InChI is InChI=1S/C12H26OSe/c1-4-5-6-7-8-9-10-11-12(2)14(3)13/h12H,4-11H2,1-3H3. The third-order valence-corrected chi connectivity index (χ3v) is 5.65. The average molecular weight is 265 g/mol. The number of unbranched alkanes of at least 4 members (excludes halogenated alkanes) is 6. The first-order chi connectivity index (χ1) is 6.68. The summed E-state index contributed by atoms with van der Waals surface area (Å²) in [5.74, 6) is 1.91. The van der Waals surface area contributed by atoms with Crippen molar-refractivity contribution in [2.24, 2.45) is 0 Å². The van der Waals surface area contributed by atoms with E-state index in [4.69, 9.17) is 0 Å². The number of hydrogen-bond acceptors (Lipinski definition) is 1. The van der Waals surface area contributed by atoms with Gasteiger partial charge in [0.05, 0.1) is 0 Å². The van der Waals surface area contributed by atoms with E-state index in [1.165, 1.54) is 51.4 Å². The average Bonchev–Trinajstić information content (AvgIpc) is 2.16. The second-order valence-corrected chi connectivity index (χ2v) is 8.00. The molecule has 1 nitrogen and oxygen atoms in total. The van der Waals surface area contributed by atoms with E-state index < -0.39 is 13.8 Å². The van der Waals surface area contributed by atoms with E-state index in [-0.39, 0.29) is 0 Å². The Kier molecular flexibility index (Phi) is 10.1. The van der Waals surface area contributed by atoms with E-state index in [0.717, 1.165) is 0 Å². The van der Waals surface area contributed by atoms with Gasteiger partial charge >= 0.3 is 93.5 Å². The van der Waals surface area contributed by atoms with Gasteiger partial charge in [0.2, 0.25) is 0 Å². The first kappa shape index (κ1) is 14.3. The van der Waals surface area contributed by atoms with Gasteiger partial charge in [-0.25, -0.2) is 0 Å². The van der Waals surface area contributed by atoms with E-state index >= 15 is 0 Å². The van der Waals surface area contributed by atoms with E-state index in [1.54, 1.807) is 0 Å². The van der Waals surface area contributed by atoms with Crippen LogP contribution >= 0.6 is 0 Å². The van der Waals surface area contributed by atoms with Gasteiger partial charge in [0, 0.05) is 0 Å². The molecule has 0 saturated carbocycles. The molecule has 0 aliphatic rings. The minimum atomic E-state index is -1.46. The fourth-order valence-corrected chi connectivity index (χ4v) is 2.60. The second kappa shape index (κ2) is 9.86. The fraction of sp³-hybridized carbons (Fsp3) is 1.00. The summed E-state index contributed by atoms with van der Waals surface area (Å²) in [6.07, 6.45) is 10.7. The molecule has 0 amide bonds. The van der Waals surface area contributed by atoms with Crippen molar-refractivity contribution in [3.63, 3.8) is 0 Å². The molecule has 0 aliphatic carbocycles. The zero-order valence-corrected chi connectivity index (χ0v) is 11.8. The van der Waals surface area contributed by atoms with Crippen LogP contribution in [0.3, 0.4) is 0 Å². The van der Waals surface area contributed by atoms with Crippen LogP contribution in [0.15, 0.2) is 0 Å². The monoisotopic (exact) mass is 266 g/mol. The summed E-state index contributed by atoms with van der Waals surface area (Å²) in [6, 6.07) is 0. The Morgan fingerprint density at radius 2 is 1.50 bits per heavy atom. The Hall–Kier alpha value is 0.319. The molecule has 0 aromatic heterocycles. The van der Waals surface area contributed by atoms with Crippen molar-refractivity contribution in [2.75, 3.05) is 0 Å². The summed E-state index contributed by atoms with van der Waals surface area (Å²) in [5, 5.41) is 0. The van der Waals surface area contributed by atoms with Gasteiger partial charge in [-0.15, -0.1) is 0 Å². The van der Waals surface area contributed by atoms with Crippen LogP contribution in [0.5, 0.6) is 0 Å². The van der Waals surface area contributed by atoms with Gasteiger partial charge in [-0.1, -0.05) is 0 Å². The summed E-state index contributed by atoms with van der Waals surface area (Å²) in [7, 11) is 0. The van der Waals surface area contributed by atoms with E-state index in [2.05, 4.69) is 13.8 Å². The van der Waals surface area contributed by atoms with Crippen LogP contribution in [-0.2, 0) is 3.83 Å². The van der Waals surface area contributed by atoms with Crippen molar-refractivity contribution in [3.8, 4) is 0 Å². The van der Waals surface area contributed by atoms with Crippen molar-refractivity contribution >= 4 is 13.8 Å². The molecule has 0 aromatic carbocycles. The quantitative estimate of drug-likeness (QED) is 0.441. The Morgan fingerprint density at radius 3 is 2.00 bits per heavy atom. The van der Waals surface area contributed by atoms with Gasteiger partial charge in [-0.05, 0) is 0 Å². The molecule has 0 fully saturated rings. The summed E-state index contributed by atoms with van der Waals surface area (Å²) < 4.78 is 11.2. The predicted octanol–water partition coefficient (Wildman–Crippen LogP) is 4.57. The van der Waals surface area contributed by atoms with Crippen molar-refractivity contribution in [2.45, 2.75) is 75.9 Å². The molecule has 0 radical (unpaired) electrons. The molecule has 2 atom stereocenters. The third kappa shape index (κ3) is 8.90. The fourth-order valence-electron chi connectivity index (χ4n) is 1.55. The van der Waals surface area contributed by atoms with Crippen molar-refractivity contribution in [3.05, 3.63) is 0 Å². The molecular formula is C12H26OSe. The van der Waals surface area contributed by atoms with Crippen molar-refractivity contribution in [1.82, 2.24) is 0 Å². The van der Waals surface area contributed by atoms with Crippen LogP contribution < -0.4 is 0 Å². The van der Waals surface area contributed by atoms with Gasteiger partial charge in [0.1, 0.15) is 0 Å². The van der Waals surface area contributed by atoms with Gasteiger partial charge < -0.3 is 0 Å². The molecule has 2 unspecified atom stereocenters. The summed E-state index contributed by atoms with van der Waals surface area (Å²) in [4.78, 5) is 0.491. The zero-order chi connectivity index (χ0) is 10.8. The Labute approximate surface area is 93.7 Å². The van der Waals surface area contributed by atoms with Gasteiger partial charge in [-0.3, -0.25) is 0 Å². The molecule has 0 rings (SSSR count). The first-order valence-corrected chi connectivity index (χ1v) is 9.40. The number of hydrogen-bond donors (Lipinski definition) is 0. The molecule has 14 heavy (non-hydrogen) atoms. The predicted molar refractivity (Wildman–Crippen MR) is 64.3 cm³/mol. The molecule has 86 valence electrons. The molecule has 0 saturated heterocycles. The topological polar surface area (TPSA) is 17.1 Å². The molecular weight excluding hydrogens is 239 g/mol. The van der Waals surface area contributed by atoms with E-state index in [0.29, 0.717) is 4.82 Å². The normalized spacial score (nSPS) is 15.4. The molecule has 0 aromatic rings. The molecule has 0 aliphatic heterocycles. The summed E-state index contributed by atoms with van der Waals surface area (Å²) >= 11 is -1.46. The third-order valence-electron chi connectivity index (χ3n) is 2.78. The van der Waals surface area contributed by atoms with Gasteiger partial charge in [0.15, 0.2) is 0 Å². The maximum atomic E-state index is 11.2. The number of rotatable bonds is 9. The maximum absolute atomic E-state index is 11.2. The molecule has 2 heteroatoms. The van der Waals surface area contributed by atoms with E-state index in [1.807, 2.05) is 5.82 Å². The van der Waals surface area contributed by atoms with Crippen molar-refractivity contribution in [1.29, 1.82) is 0 Å². The summed E-state index contributed by atoms with van der Waals surface area (Å²) in [6.45, 7) is 4.39. The molecule has 0 spiro atoms. The Morgan fingerprint density at radius 1 is 1.00 bits per heavy atom. The molecule has 0 N–H and O–H groups in total.